The predicted molar refractivity (Wildman–Crippen MR) is 105 cm³/mol. The molecule has 0 atom stereocenters. The number of pyridine rings is 1. The number of fused-ring (bicyclic) bond motifs is 1. The molecule has 1 N–H and O–H groups in total. The lowest BCUT2D eigenvalue weighted by molar-refractivity contribution is 0.0601. The highest BCUT2D eigenvalue weighted by Gasteiger charge is 2.09. The number of benzene rings is 2. The van der Waals surface area contributed by atoms with Gasteiger partial charge in [0.05, 0.1) is 25.9 Å². The molecule has 0 bridgehead atoms. The van der Waals surface area contributed by atoms with E-state index >= 15 is 0 Å². The molecule has 0 aliphatic carbocycles. The summed E-state index contributed by atoms with van der Waals surface area (Å²) >= 11 is 0. The molecule has 3 aromatic rings. The molecular weight excluding hydrogens is 344 g/mol. The number of hydrogen-bond acceptors (Lipinski definition) is 6. The summed E-state index contributed by atoms with van der Waals surface area (Å²) in [6, 6.07) is 12.9. The van der Waals surface area contributed by atoms with E-state index in [9.17, 15) is 4.79 Å². The highest BCUT2D eigenvalue weighted by atomic mass is 16.5. The van der Waals surface area contributed by atoms with E-state index in [-0.39, 0.29) is 5.97 Å². The van der Waals surface area contributed by atoms with Crippen LogP contribution >= 0.6 is 0 Å². The Bertz CT molecular complexity index is 939. The van der Waals surface area contributed by atoms with E-state index in [1.165, 1.54) is 7.11 Å². The molecule has 0 aliphatic rings. The van der Waals surface area contributed by atoms with E-state index in [0.717, 1.165) is 16.5 Å². The number of hydrogen-bond donors (Lipinski definition) is 1. The fourth-order valence-corrected chi connectivity index (χ4v) is 2.71. The number of carbonyl (C=O) groups excluding carboxylic acids is 1. The van der Waals surface area contributed by atoms with Gasteiger partial charge in [-0.05, 0) is 61.7 Å². The van der Waals surface area contributed by atoms with Gasteiger partial charge in [0.15, 0.2) is 11.5 Å². The largest absolute Gasteiger partial charge is 0.490 e. The van der Waals surface area contributed by atoms with Crippen LogP contribution in [0.15, 0.2) is 48.7 Å². The topological polar surface area (TPSA) is 69.7 Å². The van der Waals surface area contributed by atoms with Gasteiger partial charge in [0, 0.05) is 17.3 Å². The van der Waals surface area contributed by atoms with Gasteiger partial charge >= 0.3 is 5.97 Å². The zero-order chi connectivity index (χ0) is 19.2. The monoisotopic (exact) mass is 366 g/mol. The third-order valence-electron chi connectivity index (χ3n) is 3.96. The first kappa shape index (κ1) is 18.5. The van der Waals surface area contributed by atoms with Crippen LogP contribution in [0.5, 0.6) is 11.5 Å². The number of nitrogens with zero attached hydrogens (tertiary/aromatic N) is 1. The van der Waals surface area contributed by atoms with Crippen molar-refractivity contribution in [1.29, 1.82) is 0 Å². The van der Waals surface area contributed by atoms with Gasteiger partial charge in [0.25, 0.3) is 0 Å². The number of methoxy groups -OCH3 is 1. The Hall–Kier alpha value is -3.28. The maximum Gasteiger partial charge on any atom is 0.337 e. The lowest BCUT2D eigenvalue weighted by atomic mass is 10.1. The number of anilines is 2. The van der Waals surface area contributed by atoms with Crippen LogP contribution in [0.3, 0.4) is 0 Å². The summed E-state index contributed by atoms with van der Waals surface area (Å²) < 4.78 is 16.1. The zero-order valence-corrected chi connectivity index (χ0v) is 15.6. The molecular formula is C21H22N2O4. The van der Waals surface area contributed by atoms with E-state index in [1.807, 2.05) is 44.2 Å². The Morgan fingerprint density at radius 1 is 0.963 bits per heavy atom. The van der Waals surface area contributed by atoms with Gasteiger partial charge in [-0.25, -0.2) is 9.78 Å². The van der Waals surface area contributed by atoms with Gasteiger partial charge in [-0.15, -0.1) is 0 Å². The predicted octanol–water partition coefficient (Wildman–Crippen LogP) is 4.56. The molecule has 6 nitrogen and oxygen atoms in total. The number of ether oxygens (including phenoxy) is 3. The lowest BCUT2D eigenvalue weighted by Gasteiger charge is -2.13. The van der Waals surface area contributed by atoms with Crippen LogP contribution in [0.25, 0.3) is 10.8 Å². The molecule has 0 amide bonds. The minimum atomic E-state index is -0.362. The maximum atomic E-state index is 11.5. The molecule has 0 aliphatic heterocycles. The van der Waals surface area contributed by atoms with Gasteiger partial charge in [0.1, 0.15) is 5.82 Å². The van der Waals surface area contributed by atoms with Crippen LogP contribution in [0.1, 0.15) is 24.2 Å². The van der Waals surface area contributed by atoms with Crippen LogP contribution in [0, 0.1) is 0 Å². The third-order valence-corrected chi connectivity index (χ3v) is 3.96. The second-order valence-electron chi connectivity index (χ2n) is 5.78. The SMILES string of the molecule is CCOc1cc2cnc(Nc3ccc(C(=O)OC)cc3)cc2cc1OCC. The van der Waals surface area contributed by atoms with Crippen molar-refractivity contribution in [2.45, 2.75) is 13.8 Å². The summed E-state index contributed by atoms with van der Waals surface area (Å²) in [6.45, 7) is 5.02. The van der Waals surface area contributed by atoms with Crippen LogP contribution in [-0.2, 0) is 4.74 Å². The highest BCUT2D eigenvalue weighted by Crippen LogP contribution is 2.33. The van der Waals surface area contributed by atoms with Crippen molar-refractivity contribution in [2.75, 3.05) is 25.6 Å². The van der Waals surface area contributed by atoms with Crippen molar-refractivity contribution >= 4 is 28.2 Å². The quantitative estimate of drug-likeness (QED) is 0.618. The number of aromatic nitrogens is 1. The normalized spacial score (nSPS) is 10.5. The highest BCUT2D eigenvalue weighted by molar-refractivity contribution is 5.90. The minimum Gasteiger partial charge on any atom is -0.490 e. The summed E-state index contributed by atoms with van der Waals surface area (Å²) in [5.41, 5.74) is 1.32. The van der Waals surface area contributed by atoms with Gasteiger partial charge in [0.2, 0.25) is 0 Å². The number of esters is 1. The molecule has 0 radical (unpaired) electrons. The average molecular weight is 366 g/mol. The first-order valence-corrected chi connectivity index (χ1v) is 8.79. The fourth-order valence-electron chi connectivity index (χ4n) is 2.71. The van der Waals surface area contributed by atoms with Crippen molar-refractivity contribution in [2.24, 2.45) is 0 Å². The van der Waals surface area contributed by atoms with Crippen LogP contribution in [0.2, 0.25) is 0 Å². The molecule has 140 valence electrons. The molecule has 27 heavy (non-hydrogen) atoms. The fraction of sp³-hybridized carbons (Fsp3) is 0.238. The molecule has 6 heteroatoms. The van der Waals surface area contributed by atoms with E-state index in [2.05, 4.69) is 10.3 Å². The van der Waals surface area contributed by atoms with Crippen molar-refractivity contribution in [3.8, 4) is 11.5 Å². The molecule has 0 saturated heterocycles. The number of nitrogens with one attached hydrogen (secondary N) is 1. The van der Waals surface area contributed by atoms with Crippen LogP contribution in [-0.4, -0.2) is 31.3 Å². The van der Waals surface area contributed by atoms with Crippen molar-refractivity contribution in [3.05, 3.63) is 54.2 Å². The summed E-state index contributed by atoms with van der Waals surface area (Å²) in [7, 11) is 1.36. The molecule has 0 unspecified atom stereocenters. The molecule has 0 saturated carbocycles. The molecule has 0 fully saturated rings. The number of carbonyl (C=O) groups is 1. The van der Waals surface area contributed by atoms with Crippen LogP contribution in [0.4, 0.5) is 11.5 Å². The Morgan fingerprint density at radius 2 is 1.59 bits per heavy atom. The summed E-state index contributed by atoms with van der Waals surface area (Å²) in [6.07, 6.45) is 1.79. The first-order chi connectivity index (χ1) is 13.1. The van der Waals surface area contributed by atoms with E-state index in [1.54, 1.807) is 18.3 Å². The average Bonchev–Trinajstić information content (AvgIpc) is 2.69. The second-order valence-corrected chi connectivity index (χ2v) is 5.78. The van der Waals surface area contributed by atoms with E-state index in [0.29, 0.717) is 36.1 Å². The van der Waals surface area contributed by atoms with Crippen molar-refractivity contribution in [3.63, 3.8) is 0 Å². The molecule has 0 spiro atoms. The maximum absolute atomic E-state index is 11.5. The van der Waals surface area contributed by atoms with E-state index in [4.69, 9.17) is 14.2 Å². The molecule has 2 aromatic carbocycles. The van der Waals surface area contributed by atoms with Gasteiger partial charge in [-0.3, -0.25) is 0 Å². The summed E-state index contributed by atoms with van der Waals surface area (Å²) in [5, 5.41) is 5.19. The Balaban J connectivity index is 1.87. The third kappa shape index (κ3) is 4.28. The molecule has 1 aromatic heterocycles. The Labute approximate surface area is 158 Å². The van der Waals surface area contributed by atoms with Crippen LogP contribution < -0.4 is 14.8 Å². The Kier molecular flexibility index (Phi) is 5.76. The number of rotatable bonds is 7. The standard InChI is InChI=1S/C21H22N2O4/c1-4-26-18-10-15-12-20(22-13-16(15)11-19(18)27-5-2)23-17-8-6-14(7-9-17)21(24)25-3/h6-13H,4-5H2,1-3H3,(H,22,23). The van der Waals surface area contributed by atoms with Crippen molar-refractivity contribution in [1.82, 2.24) is 4.98 Å². The lowest BCUT2D eigenvalue weighted by Crippen LogP contribution is -2.01. The minimum absolute atomic E-state index is 0.362. The van der Waals surface area contributed by atoms with Gasteiger partial charge in [-0.1, -0.05) is 0 Å². The van der Waals surface area contributed by atoms with Gasteiger partial charge in [-0.2, -0.15) is 0 Å². The van der Waals surface area contributed by atoms with Crippen molar-refractivity contribution < 1.29 is 19.0 Å². The molecule has 1 heterocycles. The Morgan fingerprint density at radius 3 is 2.19 bits per heavy atom. The zero-order valence-electron chi connectivity index (χ0n) is 15.6. The van der Waals surface area contributed by atoms with Gasteiger partial charge < -0.3 is 19.5 Å². The summed E-state index contributed by atoms with van der Waals surface area (Å²) in [5.74, 6) is 1.76. The second kappa shape index (κ2) is 8.40. The summed E-state index contributed by atoms with van der Waals surface area (Å²) in [4.78, 5) is 16.0. The first-order valence-electron chi connectivity index (χ1n) is 8.79. The van der Waals surface area contributed by atoms with E-state index < -0.39 is 0 Å². The smallest absolute Gasteiger partial charge is 0.337 e. The molecule has 3 rings (SSSR count).